The Kier molecular flexibility index (Phi) is 2.44. The zero-order chi connectivity index (χ0) is 11.8. The number of aromatic nitrogens is 1. The van der Waals surface area contributed by atoms with Gasteiger partial charge in [-0.05, 0) is 6.42 Å². The van der Waals surface area contributed by atoms with Crippen molar-refractivity contribution in [1.29, 1.82) is 0 Å². The van der Waals surface area contributed by atoms with Crippen molar-refractivity contribution >= 4 is 17.3 Å². The Morgan fingerprint density at radius 3 is 2.76 bits per heavy atom. The van der Waals surface area contributed by atoms with Crippen molar-refractivity contribution in [2.75, 3.05) is 0 Å². The summed E-state index contributed by atoms with van der Waals surface area (Å²) in [6, 6.07) is 9.97. The first-order chi connectivity index (χ1) is 8.25. The van der Waals surface area contributed by atoms with Gasteiger partial charge >= 0.3 is 5.97 Å². The highest BCUT2D eigenvalue weighted by Crippen LogP contribution is 2.48. The third-order valence-electron chi connectivity index (χ3n) is 3.03. The minimum Gasteiger partial charge on any atom is -0.481 e. The molecule has 1 saturated carbocycles. The molecule has 17 heavy (non-hydrogen) atoms. The minimum atomic E-state index is -0.704. The molecule has 1 aliphatic rings. The van der Waals surface area contributed by atoms with Crippen LogP contribution in [0.1, 0.15) is 18.0 Å². The van der Waals surface area contributed by atoms with Crippen LogP contribution in [-0.4, -0.2) is 16.1 Å². The molecular weight excluding hydrogens is 234 g/mol. The fraction of sp³-hybridized carbons (Fsp3) is 0.231. The Bertz CT molecular complexity index is 550. The van der Waals surface area contributed by atoms with Gasteiger partial charge in [0.15, 0.2) is 0 Å². The lowest BCUT2D eigenvalue weighted by Gasteiger charge is -1.94. The van der Waals surface area contributed by atoms with Crippen molar-refractivity contribution in [3.8, 4) is 10.6 Å². The molecule has 1 N–H and O–H groups in total. The van der Waals surface area contributed by atoms with Gasteiger partial charge in [-0.1, -0.05) is 30.3 Å². The lowest BCUT2D eigenvalue weighted by atomic mass is 10.2. The Morgan fingerprint density at radius 2 is 2.12 bits per heavy atom. The fourth-order valence-electron chi connectivity index (χ4n) is 1.96. The first kappa shape index (κ1) is 10.5. The highest BCUT2D eigenvalue weighted by atomic mass is 32.1. The van der Waals surface area contributed by atoms with Gasteiger partial charge in [-0.15, -0.1) is 11.3 Å². The zero-order valence-corrected chi connectivity index (χ0v) is 9.85. The summed E-state index contributed by atoms with van der Waals surface area (Å²) in [5.74, 6) is -0.800. The average Bonchev–Trinajstić information content (AvgIpc) is 3.01. The number of carbonyl (C=O) groups is 1. The Hall–Kier alpha value is -1.68. The normalized spacial score (nSPS) is 22.4. The van der Waals surface area contributed by atoms with E-state index in [4.69, 9.17) is 5.11 Å². The van der Waals surface area contributed by atoms with Crippen molar-refractivity contribution in [1.82, 2.24) is 4.98 Å². The van der Waals surface area contributed by atoms with Crippen LogP contribution < -0.4 is 0 Å². The quantitative estimate of drug-likeness (QED) is 0.904. The van der Waals surface area contributed by atoms with E-state index in [1.54, 1.807) is 11.3 Å². The number of carboxylic acids is 1. The van der Waals surface area contributed by atoms with Crippen molar-refractivity contribution in [2.24, 2.45) is 5.92 Å². The van der Waals surface area contributed by atoms with Crippen LogP contribution in [0.15, 0.2) is 35.7 Å². The predicted molar refractivity (Wildman–Crippen MR) is 66.0 cm³/mol. The maximum Gasteiger partial charge on any atom is 0.307 e. The number of hydrogen-bond donors (Lipinski definition) is 1. The summed E-state index contributed by atoms with van der Waals surface area (Å²) >= 11 is 1.58. The average molecular weight is 245 g/mol. The molecule has 86 valence electrons. The summed E-state index contributed by atoms with van der Waals surface area (Å²) in [5, 5.41) is 11.8. The molecule has 2 aromatic rings. The van der Waals surface area contributed by atoms with Crippen molar-refractivity contribution in [3.63, 3.8) is 0 Å². The molecule has 1 aromatic heterocycles. The number of aliphatic carboxylic acids is 1. The van der Waals surface area contributed by atoms with Gasteiger partial charge in [0.2, 0.25) is 0 Å². The maximum atomic E-state index is 10.8. The maximum absolute atomic E-state index is 10.8. The molecule has 2 atom stereocenters. The third kappa shape index (κ3) is 1.96. The number of benzene rings is 1. The van der Waals surface area contributed by atoms with E-state index in [0.717, 1.165) is 22.7 Å². The van der Waals surface area contributed by atoms with Crippen molar-refractivity contribution in [2.45, 2.75) is 12.3 Å². The number of carboxylic acid groups (broad SMARTS) is 1. The van der Waals surface area contributed by atoms with Crippen LogP contribution in [-0.2, 0) is 4.79 Å². The summed E-state index contributed by atoms with van der Waals surface area (Å²) in [5.41, 5.74) is 2.03. The lowest BCUT2D eigenvalue weighted by molar-refractivity contribution is -0.138. The number of nitrogens with zero attached hydrogens (tertiary/aromatic N) is 1. The van der Waals surface area contributed by atoms with E-state index in [2.05, 4.69) is 4.98 Å². The van der Waals surface area contributed by atoms with Crippen LogP contribution in [0.5, 0.6) is 0 Å². The van der Waals surface area contributed by atoms with Gasteiger partial charge in [0.1, 0.15) is 5.01 Å². The van der Waals surface area contributed by atoms with Crippen LogP contribution in [0.2, 0.25) is 0 Å². The SMILES string of the molecule is O=C(O)C1CC1c1csc(-c2ccccc2)n1. The van der Waals surface area contributed by atoms with Crippen LogP contribution in [0.3, 0.4) is 0 Å². The predicted octanol–water partition coefficient (Wildman–Crippen LogP) is 3.00. The standard InChI is InChI=1S/C13H11NO2S/c15-13(16)10-6-9(10)11-7-17-12(14-11)8-4-2-1-3-5-8/h1-5,7,9-10H,6H2,(H,15,16). The summed E-state index contributed by atoms with van der Waals surface area (Å²) < 4.78 is 0. The van der Waals surface area contributed by atoms with Crippen molar-refractivity contribution in [3.05, 3.63) is 41.4 Å². The molecular formula is C13H11NO2S. The number of rotatable bonds is 3. The van der Waals surface area contributed by atoms with Gasteiger partial charge in [0, 0.05) is 16.9 Å². The van der Waals surface area contributed by atoms with E-state index >= 15 is 0 Å². The molecule has 0 bridgehead atoms. The van der Waals surface area contributed by atoms with E-state index in [9.17, 15) is 4.79 Å². The number of thiazole rings is 1. The molecule has 3 nitrogen and oxygen atoms in total. The molecule has 1 aliphatic carbocycles. The first-order valence-electron chi connectivity index (χ1n) is 5.49. The molecule has 0 amide bonds. The highest BCUT2D eigenvalue weighted by Gasteiger charge is 2.45. The number of hydrogen-bond acceptors (Lipinski definition) is 3. The Balaban J connectivity index is 1.83. The summed E-state index contributed by atoms with van der Waals surface area (Å²) in [7, 11) is 0. The Morgan fingerprint density at radius 1 is 1.35 bits per heavy atom. The van der Waals surface area contributed by atoms with E-state index in [1.165, 1.54) is 0 Å². The molecule has 0 spiro atoms. The molecule has 0 aliphatic heterocycles. The van der Waals surface area contributed by atoms with Gasteiger partial charge in [0.25, 0.3) is 0 Å². The summed E-state index contributed by atoms with van der Waals surface area (Å²) in [4.78, 5) is 15.3. The molecule has 2 unspecified atom stereocenters. The van der Waals surface area contributed by atoms with Crippen LogP contribution >= 0.6 is 11.3 Å². The first-order valence-corrected chi connectivity index (χ1v) is 6.37. The largest absolute Gasteiger partial charge is 0.481 e. The molecule has 3 rings (SSSR count). The second-order valence-electron chi connectivity index (χ2n) is 4.23. The van der Waals surface area contributed by atoms with Gasteiger partial charge in [-0.2, -0.15) is 0 Å². The smallest absolute Gasteiger partial charge is 0.307 e. The molecule has 1 heterocycles. The van der Waals surface area contributed by atoms with E-state index in [-0.39, 0.29) is 11.8 Å². The monoisotopic (exact) mass is 245 g/mol. The van der Waals surface area contributed by atoms with Gasteiger partial charge in [-0.25, -0.2) is 4.98 Å². The van der Waals surface area contributed by atoms with Crippen LogP contribution in [0.4, 0.5) is 0 Å². The second-order valence-corrected chi connectivity index (χ2v) is 5.09. The minimum absolute atomic E-state index is 0.126. The molecule has 0 radical (unpaired) electrons. The van der Waals surface area contributed by atoms with E-state index < -0.39 is 5.97 Å². The second kappa shape index (κ2) is 3.96. The van der Waals surface area contributed by atoms with Crippen molar-refractivity contribution < 1.29 is 9.90 Å². The van der Waals surface area contributed by atoms with Gasteiger partial charge in [-0.3, -0.25) is 4.79 Å². The van der Waals surface area contributed by atoms with E-state index in [0.29, 0.717) is 0 Å². The fourth-order valence-corrected chi connectivity index (χ4v) is 2.85. The Labute approximate surface area is 103 Å². The molecule has 0 saturated heterocycles. The summed E-state index contributed by atoms with van der Waals surface area (Å²) in [6.45, 7) is 0. The highest BCUT2D eigenvalue weighted by molar-refractivity contribution is 7.13. The zero-order valence-electron chi connectivity index (χ0n) is 9.04. The van der Waals surface area contributed by atoms with Crippen LogP contribution in [0, 0.1) is 5.92 Å². The van der Waals surface area contributed by atoms with Crippen LogP contribution in [0.25, 0.3) is 10.6 Å². The topological polar surface area (TPSA) is 50.2 Å². The summed E-state index contributed by atoms with van der Waals surface area (Å²) in [6.07, 6.45) is 0.729. The van der Waals surface area contributed by atoms with E-state index in [1.807, 2.05) is 35.7 Å². The lowest BCUT2D eigenvalue weighted by Crippen LogP contribution is -1.98. The van der Waals surface area contributed by atoms with Gasteiger partial charge < -0.3 is 5.11 Å². The van der Waals surface area contributed by atoms with Gasteiger partial charge in [0.05, 0.1) is 11.6 Å². The third-order valence-corrected chi connectivity index (χ3v) is 3.94. The molecule has 1 aromatic carbocycles. The molecule has 1 fully saturated rings. The molecule has 4 heteroatoms.